The predicted octanol–water partition coefficient (Wildman–Crippen LogP) is 2.60. The summed E-state index contributed by atoms with van der Waals surface area (Å²) in [5.41, 5.74) is 0.800. The number of anilines is 1. The zero-order chi connectivity index (χ0) is 14.4. The van der Waals surface area contributed by atoms with Gasteiger partial charge in [-0.25, -0.2) is 4.39 Å². The van der Waals surface area contributed by atoms with Crippen LogP contribution in [0.1, 0.15) is 15.2 Å². The van der Waals surface area contributed by atoms with Gasteiger partial charge in [0.1, 0.15) is 11.9 Å². The molecule has 0 aliphatic heterocycles. The van der Waals surface area contributed by atoms with Crippen LogP contribution >= 0.6 is 11.3 Å². The predicted molar refractivity (Wildman–Crippen MR) is 76.3 cm³/mol. The van der Waals surface area contributed by atoms with Crippen molar-refractivity contribution in [3.63, 3.8) is 0 Å². The molecule has 0 fully saturated rings. The summed E-state index contributed by atoms with van der Waals surface area (Å²) < 4.78 is 13.0. The van der Waals surface area contributed by atoms with Crippen LogP contribution in [0.15, 0.2) is 35.7 Å². The molecule has 0 radical (unpaired) electrons. The summed E-state index contributed by atoms with van der Waals surface area (Å²) in [7, 11) is 0. The van der Waals surface area contributed by atoms with Gasteiger partial charge in [0.2, 0.25) is 0 Å². The molecule has 0 aliphatic carbocycles. The van der Waals surface area contributed by atoms with Crippen molar-refractivity contribution in [1.29, 1.82) is 5.26 Å². The van der Waals surface area contributed by atoms with Crippen LogP contribution < -0.4 is 10.6 Å². The molecule has 2 aromatic rings. The highest BCUT2D eigenvalue weighted by molar-refractivity contribution is 7.12. The average Bonchev–Trinajstić information content (AvgIpc) is 2.98. The van der Waals surface area contributed by atoms with E-state index in [4.69, 9.17) is 5.26 Å². The number of rotatable bonds is 5. The molecule has 0 atom stereocenters. The fourth-order valence-electron chi connectivity index (χ4n) is 1.63. The number of amides is 1. The average molecular weight is 289 g/mol. The van der Waals surface area contributed by atoms with Crippen LogP contribution in [-0.4, -0.2) is 19.0 Å². The van der Waals surface area contributed by atoms with Crippen molar-refractivity contribution in [3.05, 3.63) is 52.0 Å². The maximum atomic E-state index is 13.0. The minimum absolute atomic E-state index is 0.124. The monoisotopic (exact) mass is 289 g/mol. The normalized spacial score (nSPS) is 9.80. The topological polar surface area (TPSA) is 64.9 Å². The molecule has 1 heterocycles. The quantitative estimate of drug-likeness (QED) is 0.832. The second-order valence-corrected chi connectivity index (χ2v) is 4.91. The fourth-order valence-corrected chi connectivity index (χ4v) is 2.27. The van der Waals surface area contributed by atoms with Gasteiger partial charge >= 0.3 is 0 Å². The molecule has 102 valence electrons. The highest BCUT2D eigenvalue weighted by atomic mass is 32.1. The second-order valence-electron chi connectivity index (χ2n) is 3.96. The van der Waals surface area contributed by atoms with Crippen LogP contribution in [0.5, 0.6) is 0 Å². The Morgan fingerprint density at radius 1 is 1.35 bits per heavy atom. The summed E-state index contributed by atoms with van der Waals surface area (Å²) >= 11 is 1.38. The summed E-state index contributed by atoms with van der Waals surface area (Å²) in [6, 6.07) is 9.45. The largest absolute Gasteiger partial charge is 0.382 e. The number of hydrogen-bond donors (Lipinski definition) is 2. The standard InChI is InChI=1S/C14H12FN3OS/c15-11-3-4-12(10(8-11)9-16)17-5-6-18-14(19)13-2-1-7-20-13/h1-4,7-8,17H,5-6H2,(H,18,19). The maximum Gasteiger partial charge on any atom is 0.261 e. The molecule has 20 heavy (non-hydrogen) atoms. The third kappa shape index (κ3) is 3.56. The van der Waals surface area contributed by atoms with Crippen molar-refractivity contribution in [2.45, 2.75) is 0 Å². The lowest BCUT2D eigenvalue weighted by atomic mass is 10.2. The molecule has 0 unspecified atom stereocenters. The lowest BCUT2D eigenvalue weighted by Crippen LogP contribution is -2.28. The van der Waals surface area contributed by atoms with Crippen molar-refractivity contribution in [3.8, 4) is 6.07 Å². The van der Waals surface area contributed by atoms with E-state index in [1.165, 1.54) is 29.5 Å². The first-order valence-electron chi connectivity index (χ1n) is 5.96. The van der Waals surface area contributed by atoms with E-state index in [1.807, 2.05) is 17.5 Å². The molecule has 0 spiro atoms. The number of benzene rings is 1. The van der Waals surface area contributed by atoms with E-state index < -0.39 is 5.82 Å². The zero-order valence-electron chi connectivity index (χ0n) is 10.5. The van der Waals surface area contributed by atoms with Gasteiger partial charge < -0.3 is 10.6 Å². The Morgan fingerprint density at radius 3 is 2.90 bits per heavy atom. The summed E-state index contributed by atoms with van der Waals surface area (Å²) in [5.74, 6) is -0.570. The van der Waals surface area contributed by atoms with Crippen molar-refractivity contribution in [1.82, 2.24) is 5.32 Å². The number of nitrogens with zero attached hydrogens (tertiary/aromatic N) is 1. The first kappa shape index (κ1) is 14.0. The van der Waals surface area contributed by atoms with Crippen LogP contribution in [0.25, 0.3) is 0 Å². The number of thiophene rings is 1. The highest BCUT2D eigenvalue weighted by Gasteiger charge is 2.06. The van der Waals surface area contributed by atoms with Gasteiger partial charge in [0, 0.05) is 13.1 Å². The van der Waals surface area contributed by atoms with Crippen molar-refractivity contribution >= 4 is 22.9 Å². The van der Waals surface area contributed by atoms with E-state index in [-0.39, 0.29) is 11.5 Å². The molecule has 6 heteroatoms. The van der Waals surface area contributed by atoms with Crippen molar-refractivity contribution < 1.29 is 9.18 Å². The number of carbonyl (C=O) groups is 1. The van der Waals surface area contributed by atoms with Gasteiger partial charge in [0.15, 0.2) is 0 Å². The molecule has 0 saturated heterocycles. The summed E-state index contributed by atoms with van der Waals surface area (Å²) in [4.78, 5) is 12.3. The molecular weight excluding hydrogens is 277 g/mol. The first-order chi connectivity index (χ1) is 9.70. The Kier molecular flexibility index (Phi) is 4.69. The smallest absolute Gasteiger partial charge is 0.261 e. The number of carbonyl (C=O) groups excluding carboxylic acids is 1. The molecule has 2 rings (SSSR count). The van der Waals surface area contributed by atoms with Crippen LogP contribution in [0.4, 0.5) is 10.1 Å². The Hall–Kier alpha value is -2.39. The Bertz CT molecular complexity index is 634. The van der Waals surface area contributed by atoms with E-state index in [2.05, 4.69) is 10.6 Å². The Morgan fingerprint density at radius 2 is 2.20 bits per heavy atom. The molecule has 1 aromatic heterocycles. The molecule has 0 bridgehead atoms. The van der Waals surface area contributed by atoms with Gasteiger partial charge in [-0.3, -0.25) is 4.79 Å². The molecule has 1 amide bonds. The SMILES string of the molecule is N#Cc1cc(F)ccc1NCCNC(=O)c1cccs1. The summed E-state index contributed by atoms with van der Waals surface area (Å²) in [6.07, 6.45) is 0. The third-order valence-electron chi connectivity index (χ3n) is 2.57. The van der Waals surface area contributed by atoms with E-state index >= 15 is 0 Å². The van der Waals surface area contributed by atoms with Gasteiger partial charge in [-0.05, 0) is 29.6 Å². The van der Waals surface area contributed by atoms with Crippen LogP contribution in [0, 0.1) is 17.1 Å². The number of halogens is 1. The minimum atomic E-state index is -0.446. The molecule has 2 N–H and O–H groups in total. The first-order valence-corrected chi connectivity index (χ1v) is 6.84. The highest BCUT2D eigenvalue weighted by Crippen LogP contribution is 2.15. The van der Waals surface area contributed by atoms with Crippen LogP contribution in [0.3, 0.4) is 0 Å². The Labute approximate surface area is 119 Å². The minimum Gasteiger partial charge on any atom is -0.382 e. The van der Waals surface area contributed by atoms with Crippen molar-refractivity contribution in [2.24, 2.45) is 0 Å². The zero-order valence-corrected chi connectivity index (χ0v) is 11.3. The summed E-state index contributed by atoms with van der Waals surface area (Å²) in [6.45, 7) is 0.871. The van der Waals surface area contributed by atoms with Gasteiger partial charge in [-0.1, -0.05) is 6.07 Å². The van der Waals surface area contributed by atoms with Crippen molar-refractivity contribution in [2.75, 3.05) is 18.4 Å². The lowest BCUT2D eigenvalue weighted by Gasteiger charge is -2.08. The van der Waals surface area contributed by atoms with Gasteiger partial charge in [-0.2, -0.15) is 5.26 Å². The van der Waals surface area contributed by atoms with Crippen LogP contribution in [-0.2, 0) is 0 Å². The number of nitrogens with one attached hydrogen (secondary N) is 2. The van der Waals surface area contributed by atoms with E-state index in [0.717, 1.165) is 0 Å². The Balaban J connectivity index is 1.82. The number of nitriles is 1. The molecule has 0 aliphatic rings. The van der Waals surface area contributed by atoms with Gasteiger partial charge in [-0.15, -0.1) is 11.3 Å². The molecule has 4 nitrogen and oxygen atoms in total. The molecule has 0 saturated carbocycles. The van der Waals surface area contributed by atoms with Crippen LogP contribution in [0.2, 0.25) is 0 Å². The van der Waals surface area contributed by atoms with E-state index in [1.54, 1.807) is 6.07 Å². The maximum absolute atomic E-state index is 13.0. The van der Waals surface area contributed by atoms with Gasteiger partial charge in [0.25, 0.3) is 5.91 Å². The molecule has 1 aromatic carbocycles. The molecular formula is C14H12FN3OS. The third-order valence-corrected chi connectivity index (χ3v) is 3.44. The van der Waals surface area contributed by atoms with Gasteiger partial charge in [0.05, 0.1) is 16.1 Å². The second kappa shape index (κ2) is 6.68. The number of hydrogen-bond acceptors (Lipinski definition) is 4. The van der Waals surface area contributed by atoms with E-state index in [0.29, 0.717) is 23.7 Å². The summed E-state index contributed by atoms with van der Waals surface area (Å²) in [5, 5.41) is 16.5. The van der Waals surface area contributed by atoms with E-state index in [9.17, 15) is 9.18 Å². The fraction of sp³-hybridized carbons (Fsp3) is 0.143. The lowest BCUT2D eigenvalue weighted by molar-refractivity contribution is 0.0959.